The molecule has 5 nitrogen and oxygen atoms in total. The highest BCUT2D eigenvalue weighted by Crippen LogP contribution is 2.35. The molecule has 6 heteroatoms. The lowest BCUT2D eigenvalue weighted by Crippen LogP contribution is -2.35. The fourth-order valence-corrected chi connectivity index (χ4v) is 5.28. The van der Waals surface area contributed by atoms with Crippen LogP contribution in [0.4, 0.5) is 0 Å². The molecule has 0 bridgehead atoms. The molecule has 1 saturated heterocycles. The number of aromatic nitrogens is 1. The molecule has 168 valence electrons. The molecule has 1 fully saturated rings. The zero-order chi connectivity index (χ0) is 21.7. The third-order valence-corrected chi connectivity index (χ3v) is 6.94. The van der Waals surface area contributed by atoms with Gasteiger partial charge < -0.3 is 4.90 Å². The van der Waals surface area contributed by atoms with Crippen molar-refractivity contribution in [3.05, 3.63) is 65.7 Å². The van der Waals surface area contributed by atoms with Gasteiger partial charge in [0.15, 0.2) is 0 Å². The Morgan fingerprint density at radius 2 is 1.55 bits per heavy atom. The van der Waals surface area contributed by atoms with Crippen molar-refractivity contribution in [3.8, 4) is 0 Å². The Bertz CT molecular complexity index is 1390. The van der Waals surface area contributed by atoms with Crippen molar-refractivity contribution in [3.63, 3.8) is 0 Å². The summed E-state index contributed by atoms with van der Waals surface area (Å²) < 4.78 is 0. The molecule has 0 N–H and O–H groups in total. The number of carbonyl (C=O) groups is 2. The molecular weight excluding hydrogens is 434 g/mol. The third kappa shape index (κ3) is 3.65. The van der Waals surface area contributed by atoms with E-state index in [4.69, 9.17) is 4.98 Å². The number of rotatable bonds is 4. The molecule has 2 aliphatic heterocycles. The Balaban J connectivity index is 0.00000228. The van der Waals surface area contributed by atoms with Gasteiger partial charge in [-0.25, -0.2) is 4.98 Å². The number of fused-ring (bicyclic) bond motifs is 6. The summed E-state index contributed by atoms with van der Waals surface area (Å²) in [4.78, 5) is 35.1. The highest BCUT2D eigenvalue weighted by Gasteiger charge is 2.36. The Morgan fingerprint density at radius 3 is 2.39 bits per heavy atom. The fourth-order valence-electron chi connectivity index (χ4n) is 5.28. The van der Waals surface area contributed by atoms with Crippen LogP contribution in [0.25, 0.3) is 32.6 Å². The summed E-state index contributed by atoms with van der Waals surface area (Å²) in [6.07, 6.45) is 4.62. The predicted molar refractivity (Wildman–Crippen MR) is 134 cm³/mol. The molecule has 0 spiro atoms. The van der Waals surface area contributed by atoms with E-state index in [1.807, 2.05) is 48.5 Å². The molecule has 6 rings (SSSR count). The number of pyridine rings is 1. The van der Waals surface area contributed by atoms with Crippen LogP contribution in [0.1, 0.15) is 46.4 Å². The molecule has 2 amide bonds. The lowest BCUT2D eigenvalue weighted by atomic mass is 9.97. The lowest BCUT2D eigenvalue weighted by molar-refractivity contribution is 0.0646. The number of benzene rings is 3. The van der Waals surface area contributed by atoms with Gasteiger partial charge in [0.2, 0.25) is 0 Å². The molecule has 4 aromatic rings. The number of halogens is 1. The quantitative estimate of drug-likeness (QED) is 0.232. The average Bonchev–Trinajstić information content (AvgIpc) is 3.08. The molecule has 1 aromatic heterocycles. The zero-order valence-corrected chi connectivity index (χ0v) is 19.2. The van der Waals surface area contributed by atoms with Crippen molar-refractivity contribution in [2.45, 2.75) is 25.7 Å². The van der Waals surface area contributed by atoms with E-state index < -0.39 is 0 Å². The van der Waals surface area contributed by atoms with Gasteiger partial charge in [-0.15, -0.1) is 12.4 Å². The first kappa shape index (κ1) is 21.8. The number of hydrogen-bond acceptors (Lipinski definition) is 4. The largest absolute Gasteiger partial charge is 0.303 e. The van der Waals surface area contributed by atoms with E-state index in [9.17, 15) is 9.59 Å². The number of likely N-dealkylation sites (tertiary alicyclic amines) is 1. The first-order valence-electron chi connectivity index (χ1n) is 11.5. The maximum absolute atomic E-state index is 13.3. The van der Waals surface area contributed by atoms with Gasteiger partial charge in [-0.2, -0.15) is 0 Å². The Labute approximate surface area is 198 Å². The minimum atomic E-state index is -0.165. The molecule has 0 unspecified atom stereocenters. The first-order valence-corrected chi connectivity index (χ1v) is 11.5. The van der Waals surface area contributed by atoms with Crippen LogP contribution in [0.5, 0.6) is 0 Å². The summed E-state index contributed by atoms with van der Waals surface area (Å²) in [7, 11) is 0. The van der Waals surface area contributed by atoms with Crippen molar-refractivity contribution in [2.24, 2.45) is 0 Å². The van der Waals surface area contributed by atoms with Gasteiger partial charge in [-0.3, -0.25) is 14.5 Å². The highest BCUT2D eigenvalue weighted by molar-refractivity contribution is 6.28. The normalized spacial score (nSPS) is 16.5. The van der Waals surface area contributed by atoms with Crippen LogP contribution in [0, 0.1) is 0 Å². The summed E-state index contributed by atoms with van der Waals surface area (Å²) in [6, 6.07) is 17.9. The van der Waals surface area contributed by atoms with Crippen molar-refractivity contribution < 1.29 is 9.59 Å². The maximum Gasteiger partial charge on any atom is 0.262 e. The van der Waals surface area contributed by atoms with E-state index in [0.717, 1.165) is 58.6 Å². The van der Waals surface area contributed by atoms with Gasteiger partial charge in [0, 0.05) is 17.3 Å². The second kappa shape index (κ2) is 8.73. The van der Waals surface area contributed by atoms with Gasteiger partial charge in [-0.1, -0.05) is 36.8 Å². The van der Waals surface area contributed by atoms with Gasteiger partial charge >= 0.3 is 0 Å². The summed E-state index contributed by atoms with van der Waals surface area (Å²) in [6.45, 7) is 3.67. The summed E-state index contributed by atoms with van der Waals surface area (Å²) >= 11 is 0. The van der Waals surface area contributed by atoms with Crippen LogP contribution in [-0.4, -0.2) is 52.8 Å². The van der Waals surface area contributed by atoms with Crippen LogP contribution in [0.2, 0.25) is 0 Å². The van der Waals surface area contributed by atoms with Crippen LogP contribution in [-0.2, 0) is 0 Å². The van der Waals surface area contributed by atoms with E-state index in [-0.39, 0.29) is 24.2 Å². The fraction of sp³-hybridized carbons (Fsp3) is 0.296. The van der Waals surface area contributed by atoms with Crippen LogP contribution >= 0.6 is 12.4 Å². The average molecular weight is 460 g/mol. The van der Waals surface area contributed by atoms with Gasteiger partial charge in [0.05, 0.1) is 22.2 Å². The minimum Gasteiger partial charge on any atom is -0.303 e. The maximum atomic E-state index is 13.3. The first-order chi connectivity index (χ1) is 15.7. The molecule has 3 heterocycles. The summed E-state index contributed by atoms with van der Waals surface area (Å²) in [5.41, 5.74) is 2.91. The standard InChI is InChI=1S/C27H25N3O2.ClH/c31-26-21-10-9-19-20(11-12-24-22(19)17-18-7-2-3-8-23(18)28-24)25(21)27(32)30(26)16-6-15-29-13-4-1-5-14-29;/h2-3,7-12,17H,1,4-6,13-16H2;1H. The summed E-state index contributed by atoms with van der Waals surface area (Å²) in [5, 5.41) is 3.88. The number of amides is 2. The van der Waals surface area contributed by atoms with E-state index in [2.05, 4.69) is 11.0 Å². The Hall–Kier alpha value is -3.02. The molecule has 0 aliphatic carbocycles. The number of carbonyl (C=O) groups excluding carboxylic acids is 2. The lowest BCUT2D eigenvalue weighted by Gasteiger charge is -2.26. The van der Waals surface area contributed by atoms with E-state index in [1.165, 1.54) is 24.2 Å². The van der Waals surface area contributed by atoms with Crippen LogP contribution in [0.3, 0.4) is 0 Å². The van der Waals surface area contributed by atoms with Crippen molar-refractivity contribution in [2.75, 3.05) is 26.2 Å². The molecule has 3 aromatic carbocycles. The molecule has 33 heavy (non-hydrogen) atoms. The van der Waals surface area contributed by atoms with Crippen molar-refractivity contribution in [1.29, 1.82) is 0 Å². The summed E-state index contributed by atoms with van der Waals surface area (Å²) in [5.74, 6) is -0.329. The van der Waals surface area contributed by atoms with Crippen molar-refractivity contribution in [1.82, 2.24) is 14.8 Å². The van der Waals surface area contributed by atoms with E-state index in [1.54, 1.807) is 0 Å². The molecule has 0 radical (unpaired) electrons. The number of nitrogens with zero attached hydrogens (tertiary/aromatic N) is 3. The van der Waals surface area contributed by atoms with Gasteiger partial charge in [-0.05, 0) is 73.9 Å². The van der Waals surface area contributed by atoms with Crippen molar-refractivity contribution >= 4 is 56.8 Å². The zero-order valence-electron chi connectivity index (χ0n) is 18.4. The van der Waals surface area contributed by atoms with Gasteiger partial charge in [0.1, 0.15) is 0 Å². The molecule has 0 atom stereocenters. The number of para-hydroxylation sites is 1. The third-order valence-electron chi connectivity index (χ3n) is 6.94. The second-order valence-corrected chi connectivity index (χ2v) is 8.91. The number of hydrogen-bond donors (Lipinski definition) is 0. The molecule has 0 saturated carbocycles. The second-order valence-electron chi connectivity index (χ2n) is 8.91. The Kier molecular flexibility index (Phi) is 5.77. The minimum absolute atomic E-state index is 0. The highest BCUT2D eigenvalue weighted by atomic mass is 35.5. The topological polar surface area (TPSA) is 53.5 Å². The predicted octanol–water partition coefficient (Wildman–Crippen LogP) is 5.44. The smallest absolute Gasteiger partial charge is 0.262 e. The van der Waals surface area contributed by atoms with E-state index in [0.29, 0.717) is 17.7 Å². The SMILES string of the molecule is Cl.O=C1c2ccc3c(ccc4nc5ccccc5cc43)c2C(=O)N1CCCN1CCCCC1. The van der Waals surface area contributed by atoms with Crippen LogP contribution < -0.4 is 0 Å². The molecule has 2 aliphatic rings. The van der Waals surface area contributed by atoms with E-state index >= 15 is 0 Å². The Morgan fingerprint density at radius 1 is 0.758 bits per heavy atom. The molecular formula is C27H26ClN3O2. The van der Waals surface area contributed by atoms with Gasteiger partial charge in [0.25, 0.3) is 11.8 Å². The number of piperidine rings is 1. The monoisotopic (exact) mass is 459 g/mol. The van der Waals surface area contributed by atoms with Crippen LogP contribution in [0.15, 0.2) is 54.6 Å². The number of imide groups is 1.